The lowest BCUT2D eigenvalue weighted by Gasteiger charge is -2.50. The maximum Gasteiger partial charge on any atom is 0.246 e. The predicted octanol–water partition coefficient (Wildman–Crippen LogP) is 2.33. The zero-order chi connectivity index (χ0) is 15.1. The Morgan fingerprint density at radius 2 is 1.75 bits per heavy atom. The number of nitrogens with zero attached hydrogens (tertiary/aromatic N) is 1. The van der Waals surface area contributed by atoms with Crippen LogP contribution in [-0.2, 0) is 9.59 Å². The van der Waals surface area contributed by atoms with Crippen LogP contribution in [0.2, 0.25) is 0 Å². The molecule has 1 N–H and O–H groups in total. The van der Waals surface area contributed by atoms with Gasteiger partial charge in [0.05, 0.1) is 0 Å². The average Bonchev–Trinajstić information content (AvgIpc) is 3.17. The molecular weight excluding hydrogens is 252 g/mol. The number of piperazine rings is 1. The summed E-state index contributed by atoms with van der Waals surface area (Å²) in [5.41, 5.74) is -0.885. The highest BCUT2D eigenvalue weighted by Crippen LogP contribution is 2.38. The van der Waals surface area contributed by atoms with Gasteiger partial charge in [0.2, 0.25) is 11.8 Å². The van der Waals surface area contributed by atoms with Crippen LogP contribution in [0.1, 0.15) is 60.3 Å². The molecule has 1 saturated heterocycles. The molecule has 2 rings (SSSR count). The van der Waals surface area contributed by atoms with E-state index >= 15 is 0 Å². The molecule has 2 fully saturated rings. The predicted molar refractivity (Wildman–Crippen MR) is 79.1 cm³/mol. The lowest BCUT2D eigenvalue weighted by atomic mass is 9.79. The van der Waals surface area contributed by atoms with Crippen LogP contribution in [0.3, 0.4) is 0 Å². The van der Waals surface area contributed by atoms with Gasteiger partial charge in [0.15, 0.2) is 0 Å². The fourth-order valence-corrected chi connectivity index (χ4v) is 3.18. The largest absolute Gasteiger partial charge is 0.342 e. The highest BCUT2D eigenvalue weighted by molar-refractivity contribution is 6.00. The van der Waals surface area contributed by atoms with Crippen LogP contribution in [0.15, 0.2) is 0 Å². The Morgan fingerprint density at radius 3 is 2.15 bits per heavy atom. The second-order valence-electron chi connectivity index (χ2n) is 7.40. The Bertz CT molecular complexity index is 403. The van der Waals surface area contributed by atoms with Gasteiger partial charge in [-0.2, -0.15) is 0 Å². The lowest BCUT2D eigenvalue weighted by molar-refractivity contribution is -0.161. The Kier molecular flexibility index (Phi) is 3.87. The summed E-state index contributed by atoms with van der Waals surface area (Å²) in [5.74, 6) is 0.735. The molecule has 114 valence electrons. The number of carbonyl (C=O) groups is 2. The van der Waals surface area contributed by atoms with E-state index in [1.165, 1.54) is 12.8 Å². The Labute approximate surface area is 122 Å². The lowest BCUT2D eigenvalue weighted by Crippen LogP contribution is -2.72. The molecule has 2 amide bonds. The Morgan fingerprint density at radius 1 is 1.20 bits per heavy atom. The van der Waals surface area contributed by atoms with E-state index in [-0.39, 0.29) is 17.2 Å². The molecule has 4 heteroatoms. The van der Waals surface area contributed by atoms with Crippen molar-refractivity contribution in [2.75, 3.05) is 6.54 Å². The van der Waals surface area contributed by atoms with Gasteiger partial charge in [-0.25, -0.2) is 0 Å². The molecule has 0 aromatic heterocycles. The van der Waals surface area contributed by atoms with E-state index in [1.54, 1.807) is 0 Å². The molecule has 0 aromatic rings. The normalized spacial score (nSPS) is 26.6. The Balaban J connectivity index is 2.35. The van der Waals surface area contributed by atoms with Crippen LogP contribution in [0.4, 0.5) is 0 Å². The summed E-state index contributed by atoms with van der Waals surface area (Å²) >= 11 is 0. The van der Waals surface area contributed by atoms with Gasteiger partial charge in [-0.15, -0.1) is 0 Å². The third-order valence-corrected chi connectivity index (χ3v) is 4.90. The number of carbonyl (C=O) groups excluding carboxylic acids is 2. The number of amides is 2. The topological polar surface area (TPSA) is 49.4 Å². The fraction of sp³-hybridized carbons (Fsp3) is 0.875. The van der Waals surface area contributed by atoms with Gasteiger partial charge in [-0.1, -0.05) is 34.6 Å². The van der Waals surface area contributed by atoms with Crippen molar-refractivity contribution in [3.8, 4) is 0 Å². The molecule has 0 bridgehead atoms. The van der Waals surface area contributed by atoms with E-state index in [1.807, 2.05) is 39.5 Å². The molecule has 20 heavy (non-hydrogen) atoms. The second-order valence-corrected chi connectivity index (χ2v) is 7.40. The molecule has 1 unspecified atom stereocenters. The zero-order valence-electron chi connectivity index (χ0n) is 13.5. The van der Waals surface area contributed by atoms with E-state index < -0.39 is 11.6 Å². The van der Waals surface area contributed by atoms with E-state index in [2.05, 4.69) is 5.32 Å². The third kappa shape index (κ3) is 2.45. The van der Waals surface area contributed by atoms with Crippen molar-refractivity contribution >= 4 is 11.8 Å². The molecule has 0 spiro atoms. The highest BCUT2D eigenvalue weighted by atomic mass is 16.2. The van der Waals surface area contributed by atoms with Crippen LogP contribution >= 0.6 is 0 Å². The summed E-state index contributed by atoms with van der Waals surface area (Å²) < 4.78 is 0. The maximum absolute atomic E-state index is 12.9. The number of hydrogen-bond donors (Lipinski definition) is 1. The number of hydrogen-bond acceptors (Lipinski definition) is 2. The van der Waals surface area contributed by atoms with E-state index in [9.17, 15) is 9.59 Å². The first-order valence-corrected chi connectivity index (χ1v) is 7.88. The number of nitrogens with one attached hydrogen (secondary N) is 1. The third-order valence-electron chi connectivity index (χ3n) is 4.90. The van der Waals surface area contributed by atoms with Crippen molar-refractivity contribution in [3.05, 3.63) is 0 Å². The minimum atomic E-state index is -0.637. The Hall–Kier alpha value is -1.06. The van der Waals surface area contributed by atoms with Crippen LogP contribution < -0.4 is 5.32 Å². The first-order valence-electron chi connectivity index (χ1n) is 7.88. The van der Waals surface area contributed by atoms with E-state index in [4.69, 9.17) is 0 Å². The number of rotatable bonds is 4. The van der Waals surface area contributed by atoms with Gasteiger partial charge in [0.25, 0.3) is 0 Å². The van der Waals surface area contributed by atoms with Crippen molar-refractivity contribution in [2.45, 2.75) is 71.9 Å². The van der Waals surface area contributed by atoms with Crippen LogP contribution in [-0.4, -0.2) is 34.8 Å². The smallest absolute Gasteiger partial charge is 0.246 e. The average molecular weight is 280 g/mol. The van der Waals surface area contributed by atoms with Crippen molar-refractivity contribution in [3.63, 3.8) is 0 Å². The molecule has 4 nitrogen and oxygen atoms in total. The van der Waals surface area contributed by atoms with Gasteiger partial charge in [-0.05, 0) is 37.0 Å². The van der Waals surface area contributed by atoms with Crippen LogP contribution in [0.25, 0.3) is 0 Å². The molecule has 1 heterocycles. The molecule has 2 aliphatic rings. The summed E-state index contributed by atoms with van der Waals surface area (Å²) in [7, 11) is 0. The highest BCUT2D eigenvalue weighted by Gasteiger charge is 2.53. The second kappa shape index (κ2) is 5.05. The van der Waals surface area contributed by atoms with Crippen molar-refractivity contribution in [1.29, 1.82) is 0 Å². The molecule has 0 aromatic carbocycles. The van der Waals surface area contributed by atoms with Crippen molar-refractivity contribution < 1.29 is 9.59 Å². The summed E-state index contributed by atoms with van der Waals surface area (Å²) in [6, 6.07) is -0.403. The maximum atomic E-state index is 12.9. The standard InChI is InChI=1S/C16H28N2O2/c1-6-16(7-2)14(20)17-12(15(3,4)5)13(19)18(16)10-11-8-9-11/h11-12H,6-10H2,1-5H3,(H,17,20). The van der Waals surface area contributed by atoms with Gasteiger partial charge >= 0.3 is 0 Å². The fourth-order valence-electron chi connectivity index (χ4n) is 3.18. The monoisotopic (exact) mass is 280 g/mol. The molecule has 1 atom stereocenters. The quantitative estimate of drug-likeness (QED) is 0.859. The zero-order valence-corrected chi connectivity index (χ0v) is 13.5. The van der Waals surface area contributed by atoms with Crippen molar-refractivity contribution in [2.24, 2.45) is 11.3 Å². The van der Waals surface area contributed by atoms with Gasteiger partial charge in [-0.3, -0.25) is 9.59 Å². The molecule has 1 aliphatic heterocycles. The van der Waals surface area contributed by atoms with E-state index in [0.29, 0.717) is 18.8 Å². The molecule has 1 saturated carbocycles. The molecular formula is C16H28N2O2. The van der Waals surface area contributed by atoms with Gasteiger partial charge in [0, 0.05) is 6.54 Å². The summed E-state index contributed by atoms with van der Waals surface area (Å²) in [6.07, 6.45) is 3.75. The minimum absolute atomic E-state index is 0.0303. The molecule has 1 aliphatic carbocycles. The molecule has 0 radical (unpaired) electrons. The van der Waals surface area contributed by atoms with Gasteiger partial charge < -0.3 is 10.2 Å². The van der Waals surface area contributed by atoms with Gasteiger partial charge in [0.1, 0.15) is 11.6 Å². The first-order chi connectivity index (χ1) is 9.26. The van der Waals surface area contributed by atoms with Crippen molar-refractivity contribution in [1.82, 2.24) is 10.2 Å². The summed E-state index contributed by atoms with van der Waals surface area (Å²) in [4.78, 5) is 27.5. The summed E-state index contributed by atoms with van der Waals surface area (Å²) in [5, 5.41) is 2.99. The minimum Gasteiger partial charge on any atom is -0.342 e. The summed E-state index contributed by atoms with van der Waals surface area (Å²) in [6.45, 7) is 10.8. The first kappa shape index (κ1) is 15.3. The SMILES string of the molecule is CCC1(CC)C(=O)NC(C(C)(C)C)C(=O)N1CC1CC1. The van der Waals surface area contributed by atoms with E-state index in [0.717, 1.165) is 6.54 Å². The van der Waals surface area contributed by atoms with Crippen LogP contribution in [0, 0.1) is 11.3 Å². The van der Waals surface area contributed by atoms with Crippen LogP contribution in [0.5, 0.6) is 0 Å².